The Morgan fingerprint density at radius 2 is 2.23 bits per heavy atom. The Hall–Kier alpha value is -1.11. The van der Waals surface area contributed by atoms with Gasteiger partial charge in [0, 0.05) is 15.8 Å². The fourth-order valence-corrected chi connectivity index (χ4v) is 2.00. The first-order valence-electron chi connectivity index (χ1n) is 3.60. The third-order valence-corrected chi connectivity index (χ3v) is 2.68. The number of nitrogens with one attached hydrogen (secondary N) is 1. The first kappa shape index (κ1) is 8.49. The molecule has 0 radical (unpaired) electrons. The summed E-state index contributed by atoms with van der Waals surface area (Å²) < 4.78 is 0.875. The van der Waals surface area contributed by atoms with Crippen LogP contribution in [0.2, 0.25) is 0 Å². The molecule has 0 saturated carbocycles. The summed E-state index contributed by atoms with van der Waals surface area (Å²) in [5, 5.41) is 11.3. The maximum absolute atomic E-state index is 10.7. The number of non-ortho nitro benzene ring substituents is 1. The van der Waals surface area contributed by atoms with Gasteiger partial charge in [0.05, 0.1) is 15.8 Å². The molecule has 0 atom stereocenters. The minimum Gasteiger partial charge on any atom is -0.360 e. The Bertz CT molecular complexity index is 478. The van der Waals surface area contributed by atoms with Crippen LogP contribution in [0.3, 0.4) is 0 Å². The fraction of sp³-hybridized carbons (Fsp3) is 0. The van der Waals surface area contributed by atoms with E-state index in [4.69, 9.17) is 0 Å². The van der Waals surface area contributed by atoms with Gasteiger partial charge in [0.2, 0.25) is 0 Å². The molecule has 4 nitrogen and oxygen atoms in total. The number of hydrogen-bond acceptors (Lipinski definition) is 2. The second-order valence-corrected chi connectivity index (χ2v) is 3.76. The van der Waals surface area contributed by atoms with Crippen LogP contribution in [0.4, 0.5) is 5.69 Å². The summed E-state index contributed by atoms with van der Waals surface area (Å²) in [5.74, 6) is 0. The van der Waals surface area contributed by atoms with Crippen molar-refractivity contribution < 1.29 is 4.92 Å². The smallest absolute Gasteiger partial charge is 0.279 e. The number of aromatic amines is 1. The lowest BCUT2D eigenvalue weighted by Gasteiger charge is -1.93. The van der Waals surface area contributed by atoms with Crippen LogP contribution in [-0.2, 0) is 0 Å². The Kier molecular flexibility index (Phi) is 1.95. The first-order valence-corrected chi connectivity index (χ1v) is 4.68. The molecule has 0 fully saturated rings. The number of H-pyrrole nitrogens is 1. The van der Waals surface area contributed by atoms with E-state index in [1.807, 2.05) is 6.07 Å². The summed E-state index contributed by atoms with van der Waals surface area (Å²) in [6.45, 7) is 0. The number of nitro groups is 1. The largest absolute Gasteiger partial charge is 0.360 e. The molecule has 0 spiro atoms. The molecule has 2 rings (SSSR count). The molecule has 0 saturated heterocycles. The average Bonchev–Trinajstić information content (AvgIpc) is 2.48. The van der Waals surface area contributed by atoms with Crippen LogP contribution in [0.25, 0.3) is 10.9 Å². The number of aromatic nitrogens is 1. The lowest BCUT2D eigenvalue weighted by atomic mass is 10.2. The predicted molar refractivity (Wildman–Crippen MR) is 57.7 cm³/mol. The quantitative estimate of drug-likeness (QED) is 0.498. The summed E-state index contributed by atoms with van der Waals surface area (Å²) >= 11 is 2.08. The number of rotatable bonds is 1. The normalized spacial score (nSPS) is 10.5. The Balaban J connectivity index is 2.88. The number of halogens is 1. The summed E-state index contributed by atoms with van der Waals surface area (Å²) in [5.41, 5.74) is 0.960. The standard InChI is InChI=1S/C8H5IN2O2/c9-5-4-10-6-2-1-3-7(8(5)6)11(12)13/h1-4,10H. The van der Waals surface area contributed by atoms with Gasteiger partial charge in [0.25, 0.3) is 5.69 Å². The van der Waals surface area contributed by atoms with Crippen molar-refractivity contribution in [1.29, 1.82) is 0 Å². The molecule has 1 N–H and O–H groups in total. The molecule has 5 heteroatoms. The Morgan fingerprint density at radius 1 is 1.46 bits per heavy atom. The SMILES string of the molecule is O=[N+]([O-])c1cccc2[nH]cc(I)c12. The van der Waals surface area contributed by atoms with Gasteiger partial charge in [-0.15, -0.1) is 0 Å². The molecular formula is C8H5IN2O2. The highest BCUT2D eigenvalue weighted by molar-refractivity contribution is 14.1. The summed E-state index contributed by atoms with van der Waals surface area (Å²) in [4.78, 5) is 13.3. The van der Waals surface area contributed by atoms with E-state index in [1.54, 1.807) is 12.3 Å². The molecule has 2 aromatic rings. The van der Waals surface area contributed by atoms with E-state index in [-0.39, 0.29) is 10.6 Å². The molecule has 0 bridgehead atoms. The third kappa shape index (κ3) is 1.28. The fourth-order valence-electron chi connectivity index (χ4n) is 1.28. The van der Waals surface area contributed by atoms with Gasteiger partial charge in [0.15, 0.2) is 0 Å². The van der Waals surface area contributed by atoms with Gasteiger partial charge in [-0.25, -0.2) is 0 Å². The van der Waals surface area contributed by atoms with Gasteiger partial charge in [0.1, 0.15) is 0 Å². The molecular weight excluding hydrogens is 283 g/mol. The van der Waals surface area contributed by atoms with Gasteiger partial charge in [-0.1, -0.05) is 6.07 Å². The number of hydrogen-bond donors (Lipinski definition) is 1. The van der Waals surface area contributed by atoms with Gasteiger partial charge in [-0.3, -0.25) is 10.1 Å². The molecule has 0 amide bonds. The van der Waals surface area contributed by atoms with Gasteiger partial charge >= 0.3 is 0 Å². The van der Waals surface area contributed by atoms with Crippen molar-refractivity contribution in [2.24, 2.45) is 0 Å². The zero-order valence-corrected chi connectivity index (χ0v) is 8.61. The Morgan fingerprint density at radius 3 is 2.92 bits per heavy atom. The van der Waals surface area contributed by atoms with E-state index in [9.17, 15) is 10.1 Å². The van der Waals surface area contributed by atoms with Crippen LogP contribution in [0.1, 0.15) is 0 Å². The van der Waals surface area contributed by atoms with Crippen molar-refractivity contribution in [1.82, 2.24) is 4.98 Å². The van der Waals surface area contributed by atoms with Crippen molar-refractivity contribution >= 4 is 39.2 Å². The summed E-state index contributed by atoms with van der Waals surface area (Å²) in [6, 6.07) is 5.01. The zero-order chi connectivity index (χ0) is 9.42. The van der Waals surface area contributed by atoms with Crippen LogP contribution in [0.15, 0.2) is 24.4 Å². The van der Waals surface area contributed by atoms with Crippen LogP contribution in [-0.4, -0.2) is 9.91 Å². The van der Waals surface area contributed by atoms with E-state index in [2.05, 4.69) is 27.6 Å². The lowest BCUT2D eigenvalue weighted by Crippen LogP contribution is -1.88. The van der Waals surface area contributed by atoms with Crippen molar-refractivity contribution in [3.8, 4) is 0 Å². The number of fused-ring (bicyclic) bond motifs is 1. The summed E-state index contributed by atoms with van der Waals surface area (Å²) in [7, 11) is 0. The highest BCUT2D eigenvalue weighted by atomic mass is 127. The Labute approximate surface area is 87.2 Å². The molecule has 13 heavy (non-hydrogen) atoms. The molecule has 1 aromatic heterocycles. The highest BCUT2D eigenvalue weighted by Gasteiger charge is 2.14. The van der Waals surface area contributed by atoms with E-state index in [0.717, 1.165) is 9.09 Å². The van der Waals surface area contributed by atoms with Gasteiger partial charge in [-0.2, -0.15) is 0 Å². The minimum atomic E-state index is -0.363. The first-order chi connectivity index (χ1) is 6.20. The minimum absolute atomic E-state index is 0.156. The molecule has 0 aliphatic carbocycles. The predicted octanol–water partition coefficient (Wildman–Crippen LogP) is 2.68. The molecule has 66 valence electrons. The monoisotopic (exact) mass is 288 g/mol. The van der Waals surface area contributed by atoms with E-state index in [1.165, 1.54) is 6.07 Å². The lowest BCUT2D eigenvalue weighted by molar-refractivity contribution is -0.383. The highest BCUT2D eigenvalue weighted by Crippen LogP contribution is 2.28. The van der Waals surface area contributed by atoms with Crippen molar-refractivity contribution in [3.05, 3.63) is 38.1 Å². The van der Waals surface area contributed by atoms with Crippen LogP contribution in [0, 0.1) is 13.7 Å². The maximum atomic E-state index is 10.7. The van der Waals surface area contributed by atoms with Gasteiger partial charge in [-0.05, 0) is 28.7 Å². The van der Waals surface area contributed by atoms with Gasteiger partial charge < -0.3 is 4.98 Å². The number of benzene rings is 1. The summed E-state index contributed by atoms with van der Waals surface area (Å²) in [6.07, 6.45) is 1.76. The topological polar surface area (TPSA) is 58.9 Å². The van der Waals surface area contributed by atoms with E-state index >= 15 is 0 Å². The van der Waals surface area contributed by atoms with Crippen LogP contribution >= 0.6 is 22.6 Å². The second-order valence-electron chi connectivity index (χ2n) is 2.59. The van der Waals surface area contributed by atoms with Crippen molar-refractivity contribution in [2.45, 2.75) is 0 Å². The van der Waals surface area contributed by atoms with Crippen LogP contribution < -0.4 is 0 Å². The molecule has 1 aromatic carbocycles. The van der Waals surface area contributed by atoms with Crippen molar-refractivity contribution in [3.63, 3.8) is 0 Å². The van der Waals surface area contributed by atoms with Crippen LogP contribution in [0.5, 0.6) is 0 Å². The average molecular weight is 288 g/mol. The maximum Gasteiger partial charge on any atom is 0.279 e. The molecule has 0 unspecified atom stereocenters. The number of nitrogens with zero attached hydrogens (tertiary/aromatic N) is 1. The number of nitro benzene ring substituents is 1. The van der Waals surface area contributed by atoms with Crippen molar-refractivity contribution in [2.75, 3.05) is 0 Å². The van der Waals surface area contributed by atoms with E-state index < -0.39 is 0 Å². The second kappa shape index (κ2) is 2.99. The van der Waals surface area contributed by atoms with E-state index in [0.29, 0.717) is 5.39 Å². The molecule has 0 aliphatic heterocycles. The zero-order valence-electron chi connectivity index (χ0n) is 6.45. The third-order valence-electron chi connectivity index (χ3n) is 1.83. The molecule has 1 heterocycles. The molecule has 0 aliphatic rings.